The second kappa shape index (κ2) is 9.50. The lowest BCUT2D eigenvalue weighted by Crippen LogP contribution is -2.27. The molecule has 5 saturated carbocycles. The number of carbonyl (C=O) groups is 2. The number of rotatable bonds is 3. The van der Waals surface area contributed by atoms with E-state index in [2.05, 4.69) is 38.7 Å². The van der Waals surface area contributed by atoms with Crippen LogP contribution in [-0.4, -0.2) is 25.2 Å². The number of esters is 2. The highest BCUT2D eigenvalue weighted by atomic mass is 16.5. The van der Waals surface area contributed by atoms with Crippen molar-refractivity contribution < 1.29 is 19.1 Å². The molecule has 0 spiro atoms. The highest BCUT2D eigenvalue weighted by molar-refractivity contribution is 5.81. The maximum atomic E-state index is 11.2. The molecule has 0 aromatic carbocycles. The summed E-state index contributed by atoms with van der Waals surface area (Å²) in [5.41, 5.74) is 0.656. The molecule has 0 aromatic rings. The van der Waals surface area contributed by atoms with Gasteiger partial charge < -0.3 is 9.47 Å². The third-order valence-corrected chi connectivity index (χ3v) is 9.74. The van der Waals surface area contributed by atoms with Crippen LogP contribution in [0, 0.1) is 40.4 Å². The maximum absolute atomic E-state index is 11.2. The molecule has 174 valence electrons. The summed E-state index contributed by atoms with van der Waals surface area (Å²) in [6, 6.07) is 0. The third kappa shape index (κ3) is 4.64. The summed E-state index contributed by atoms with van der Waals surface area (Å²) in [5.74, 6) is 4.67. The molecule has 4 nitrogen and oxygen atoms in total. The minimum atomic E-state index is -0.394. The Bertz CT molecular complexity index is 677. The molecule has 0 heterocycles. The van der Waals surface area contributed by atoms with Gasteiger partial charge in [-0.25, -0.2) is 9.59 Å². The lowest BCUT2D eigenvalue weighted by Gasteiger charge is -2.33. The molecule has 0 aromatic heterocycles. The predicted octanol–water partition coefficient (Wildman–Crippen LogP) is 6.11. The molecule has 0 saturated heterocycles. The van der Waals surface area contributed by atoms with Crippen molar-refractivity contribution >= 4 is 11.9 Å². The Balaban J connectivity index is 0.000000146. The van der Waals surface area contributed by atoms with E-state index in [0.717, 1.165) is 12.5 Å². The summed E-state index contributed by atoms with van der Waals surface area (Å²) in [6.45, 7) is 13.6. The van der Waals surface area contributed by atoms with Crippen LogP contribution in [0.4, 0.5) is 0 Å². The SMILES string of the molecule is C1CC2C3CCC(C3)C2C1.C=CC(=O)OC.C=CC(=O)OC1CC2(C)CCC1C2(C)C. The first-order valence-electron chi connectivity index (χ1n) is 12.2. The van der Waals surface area contributed by atoms with Crippen LogP contribution in [0.25, 0.3) is 0 Å². The Morgan fingerprint density at radius 2 is 1.48 bits per heavy atom. The van der Waals surface area contributed by atoms with Gasteiger partial charge in [0.15, 0.2) is 0 Å². The van der Waals surface area contributed by atoms with E-state index in [0.29, 0.717) is 16.7 Å². The topological polar surface area (TPSA) is 52.6 Å². The van der Waals surface area contributed by atoms with E-state index in [1.54, 1.807) is 38.5 Å². The smallest absolute Gasteiger partial charge is 0.330 e. The fourth-order valence-corrected chi connectivity index (χ4v) is 7.63. The predicted molar refractivity (Wildman–Crippen MR) is 123 cm³/mol. The van der Waals surface area contributed by atoms with Gasteiger partial charge >= 0.3 is 11.9 Å². The summed E-state index contributed by atoms with van der Waals surface area (Å²) in [7, 11) is 1.31. The molecule has 0 aliphatic heterocycles. The van der Waals surface area contributed by atoms with Crippen LogP contribution < -0.4 is 0 Å². The Kier molecular flexibility index (Phi) is 7.38. The highest BCUT2D eigenvalue weighted by Gasteiger charge is 2.61. The molecule has 5 aliphatic carbocycles. The van der Waals surface area contributed by atoms with Crippen molar-refractivity contribution in [1.82, 2.24) is 0 Å². The van der Waals surface area contributed by atoms with Crippen molar-refractivity contribution in [3.63, 3.8) is 0 Å². The van der Waals surface area contributed by atoms with Gasteiger partial charge in [-0.2, -0.15) is 0 Å². The van der Waals surface area contributed by atoms with Crippen LogP contribution >= 0.6 is 0 Å². The number of fused-ring (bicyclic) bond motifs is 7. The van der Waals surface area contributed by atoms with E-state index in [1.165, 1.54) is 49.7 Å². The van der Waals surface area contributed by atoms with Gasteiger partial charge in [0, 0.05) is 18.1 Å². The lowest BCUT2D eigenvalue weighted by atomic mass is 9.71. The fourth-order valence-electron chi connectivity index (χ4n) is 7.63. The van der Waals surface area contributed by atoms with Crippen molar-refractivity contribution in [1.29, 1.82) is 0 Å². The number of hydrogen-bond donors (Lipinski definition) is 0. The number of methoxy groups -OCH3 is 1. The monoisotopic (exact) mass is 430 g/mol. The average molecular weight is 431 g/mol. The van der Waals surface area contributed by atoms with Gasteiger partial charge in [-0.05, 0) is 85.9 Å². The summed E-state index contributed by atoms with van der Waals surface area (Å²) < 4.78 is 9.58. The largest absolute Gasteiger partial charge is 0.466 e. The van der Waals surface area contributed by atoms with Crippen LogP contribution in [0.5, 0.6) is 0 Å². The Labute approximate surface area is 188 Å². The molecule has 4 bridgehead atoms. The lowest BCUT2D eigenvalue weighted by molar-refractivity contribution is -0.146. The van der Waals surface area contributed by atoms with Crippen LogP contribution in [0.2, 0.25) is 0 Å². The maximum Gasteiger partial charge on any atom is 0.330 e. The van der Waals surface area contributed by atoms with E-state index >= 15 is 0 Å². The van der Waals surface area contributed by atoms with E-state index in [4.69, 9.17) is 4.74 Å². The van der Waals surface area contributed by atoms with Crippen LogP contribution in [-0.2, 0) is 19.1 Å². The van der Waals surface area contributed by atoms with Gasteiger partial charge in [0.25, 0.3) is 0 Å². The quantitative estimate of drug-likeness (QED) is 0.400. The standard InChI is InChI=1S/C13H20O2.C10H16.C4H6O2/c1-5-11(14)15-10-8-13(4)7-6-9(10)12(13,2)3;1-2-9-7-4-5-8(6-7)10(9)3-1;1-3-4(5)6-2/h5,9-10H,1,6-8H2,2-4H3;7-10H,1-6H2;3H,1H2,2H3. The first kappa shape index (κ1) is 24.1. The van der Waals surface area contributed by atoms with Crippen molar-refractivity contribution in [2.45, 2.75) is 84.7 Å². The van der Waals surface area contributed by atoms with E-state index < -0.39 is 5.97 Å². The summed E-state index contributed by atoms with van der Waals surface area (Å²) in [6.07, 6.45) is 15.5. The average Bonchev–Trinajstić information content (AvgIpc) is 3.53. The molecule has 5 aliphatic rings. The molecular weight excluding hydrogens is 388 g/mol. The number of ether oxygens (including phenoxy) is 2. The van der Waals surface area contributed by atoms with E-state index in [9.17, 15) is 9.59 Å². The number of carbonyl (C=O) groups excluding carboxylic acids is 2. The van der Waals surface area contributed by atoms with Gasteiger partial charge in [0.2, 0.25) is 0 Å². The Morgan fingerprint density at radius 3 is 1.87 bits per heavy atom. The van der Waals surface area contributed by atoms with E-state index in [-0.39, 0.29) is 12.1 Å². The van der Waals surface area contributed by atoms with Crippen molar-refractivity contribution in [2.75, 3.05) is 7.11 Å². The Morgan fingerprint density at radius 1 is 0.903 bits per heavy atom. The van der Waals surface area contributed by atoms with Gasteiger partial charge in [-0.15, -0.1) is 0 Å². The van der Waals surface area contributed by atoms with Crippen molar-refractivity contribution in [3.8, 4) is 0 Å². The number of hydrogen-bond acceptors (Lipinski definition) is 4. The first-order valence-corrected chi connectivity index (χ1v) is 12.2. The zero-order chi connectivity index (χ0) is 22.8. The zero-order valence-electron chi connectivity index (χ0n) is 20.0. The van der Waals surface area contributed by atoms with Crippen LogP contribution in [0.15, 0.2) is 25.3 Å². The van der Waals surface area contributed by atoms with Gasteiger partial charge in [-0.3, -0.25) is 0 Å². The molecule has 5 rings (SSSR count). The fraction of sp³-hybridized carbons (Fsp3) is 0.778. The molecule has 0 N–H and O–H groups in total. The van der Waals surface area contributed by atoms with Gasteiger partial charge in [-0.1, -0.05) is 40.3 Å². The van der Waals surface area contributed by atoms with Crippen molar-refractivity contribution in [3.05, 3.63) is 25.3 Å². The second-order valence-electron chi connectivity index (χ2n) is 11.1. The molecular formula is C27H42O4. The van der Waals surface area contributed by atoms with Crippen LogP contribution in [0.1, 0.15) is 78.6 Å². The summed E-state index contributed by atoms with van der Waals surface area (Å²) in [4.78, 5) is 21.1. The second-order valence-corrected chi connectivity index (χ2v) is 11.1. The summed E-state index contributed by atoms with van der Waals surface area (Å²) in [5, 5.41) is 0. The minimum Gasteiger partial charge on any atom is -0.466 e. The molecule has 7 unspecified atom stereocenters. The molecule has 0 radical (unpaired) electrons. The molecule has 7 atom stereocenters. The van der Waals surface area contributed by atoms with E-state index in [1.807, 2.05) is 0 Å². The van der Waals surface area contributed by atoms with Crippen LogP contribution in [0.3, 0.4) is 0 Å². The zero-order valence-corrected chi connectivity index (χ0v) is 20.0. The normalized spacial score (nSPS) is 40.0. The van der Waals surface area contributed by atoms with Gasteiger partial charge in [0.05, 0.1) is 7.11 Å². The molecule has 4 heteroatoms. The highest BCUT2D eigenvalue weighted by Crippen LogP contribution is 2.66. The minimum absolute atomic E-state index is 0.115. The van der Waals surface area contributed by atoms with Gasteiger partial charge in [0.1, 0.15) is 6.10 Å². The molecule has 0 amide bonds. The third-order valence-electron chi connectivity index (χ3n) is 9.74. The Hall–Kier alpha value is -1.58. The molecule has 5 fully saturated rings. The summed E-state index contributed by atoms with van der Waals surface area (Å²) >= 11 is 0. The first-order chi connectivity index (χ1) is 14.7. The van der Waals surface area contributed by atoms with Crippen molar-refractivity contribution in [2.24, 2.45) is 40.4 Å². The molecule has 31 heavy (non-hydrogen) atoms.